The van der Waals surface area contributed by atoms with Crippen molar-refractivity contribution in [2.24, 2.45) is 0 Å². The molecule has 0 saturated carbocycles. The predicted molar refractivity (Wildman–Crippen MR) is 145 cm³/mol. The smallest absolute Gasteiger partial charge is 0.232 e. The van der Waals surface area contributed by atoms with Crippen LogP contribution in [0.25, 0.3) is 39.5 Å². The average Bonchev–Trinajstić information content (AvgIpc) is 3.48. The first kappa shape index (κ1) is 27.2. The first-order valence-electron chi connectivity index (χ1n) is 12.1. The van der Waals surface area contributed by atoms with Crippen molar-refractivity contribution in [1.29, 1.82) is 0 Å². The first-order valence-corrected chi connectivity index (χ1v) is 14.0. The Balaban J connectivity index is 1.78. The summed E-state index contributed by atoms with van der Waals surface area (Å²) in [5, 5.41) is 9.63. The summed E-state index contributed by atoms with van der Waals surface area (Å²) in [4.78, 5) is 17.5. The fourth-order valence-electron chi connectivity index (χ4n) is 4.56. The van der Waals surface area contributed by atoms with E-state index in [1.807, 2.05) is 30.7 Å². The van der Waals surface area contributed by atoms with Gasteiger partial charge in [-0.05, 0) is 49.2 Å². The van der Waals surface area contributed by atoms with Crippen molar-refractivity contribution in [2.75, 3.05) is 13.4 Å². The highest BCUT2D eigenvalue weighted by Crippen LogP contribution is 2.39. The third-order valence-corrected chi connectivity index (χ3v) is 7.53. The summed E-state index contributed by atoms with van der Waals surface area (Å²) in [5.41, 5.74) is 3.56. The zero-order valence-electron chi connectivity index (χ0n) is 22.4. The van der Waals surface area contributed by atoms with Crippen molar-refractivity contribution in [3.63, 3.8) is 0 Å². The maximum absolute atomic E-state index is 15.0. The molecule has 2 aromatic carbocycles. The number of nitrogens with zero attached hydrogens (tertiary/aromatic N) is 5. The van der Waals surface area contributed by atoms with Crippen LogP contribution in [0.5, 0.6) is 5.88 Å². The van der Waals surface area contributed by atoms with Crippen LogP contribution >= 0.6 is 0 Å². The van der Waals surface area contributed by atoms with Crippen molar-refractivity contribution >= 4 is 9.84 Å². The molecular formula is C28H26FN5O5S. The minimum absolute atomic E-state index is 0.275. The minimum atomic E-state index is -3.83. The molecule has 5 rings (SSSR count). The summed E-state index contributed by atoms with van der Waals surface area (Å²) in [6, 6.07) is 7.92. The number of halogens is 1. The van der Waals surface area contributed by atoms with Gasteiger partial charge in [-0.15, -0.1) is 0 Å². The maximum Gasteiger partial charge on any atom is 0.232 e. The molecule has 0 aliphatic rings. The van der Waals surface area contributed by atoms with Crippen LogP contribution in [0.3, 0.4) is 0 Å². The summed E-state index contributed by atoms with van der Waals surface area (Å²) >= 11 is 0. The lowest BCUT2D eigenvalue weighted by molar-refractivity contribution is 0.272. The van der Waals surface area contributed by atoms with Gasteiger partial charge in [0.2, 0.25) is 5.88 Å². The Morgan fingerprint density at radius 2 is 1.82 bits per heavy atom. The van der Waals surface area contributed by atoms with Gasteiger partial charge in [-0.2, -0.15) is 0 Å². The Morgan fingerprint density at radius 3 is 2.42 bits per heavy atom. The number of aryl methyl sites for hydroxylation is 3. The number of ether oxygens (including phenoxy) is 1. The van der Waals surface area contributed by atoms with Crippen LogP contribution < -0.4 is 4.74 Å². The van der Waals surface area contributed by atoms with E-state index in [0.29, 0.717) is 51.3 Å². The Labute approximate surface area is 230 Å². The average molecular weight is 564 g/mol. The fourth-order valence-corrected chi connectivity index (χ4v) is 5.51. The molecular weight excluding hydrogens is 537 g/mol. The molecule has 0 fully saturated rings. The molecule has 206 valence electrons. The van der Waals surface area contributed by atoms with Crippen LogP contribution in [0.1, 0.15) is 23.0 Å². The van der Waals surface area contributed by atoms with Crippen LogP contribution in [0.2, 0.25) is 0 Å². The second kappa shape index (κ2) is 10.3. The number of methoxy groups -OCH3 is 1. The Morgan fingerprint density at radius 1 is 1.05 bits per heavy atom. The van der Waals surface area contributed by atoms with Gasteiger partial charge in [0.1, 0.15) is 23.0 Å². The lowest BCUT2D eigenvalue weighted by Crippen LogP contribution is -2.06. The monoisotopic (exact) mass is 563 g/mol. The molecule has 0 aliphatic heterocycles. The standard InChI is InChI=1S/C28H26FN5O5S/c1-15-13-34(16(2)32-15)24-7-6-18(19-9-22(29)21(14-35)25(10-19)40(5,36)37)8-20(24)27-28(39-17(3)33-27)23-11-31-26(38-4)12-30-23/h6-13,35H,14H2,1-5H3. The topological polar surface area (TPSA) is 133 Å². The van der Waals surface area contributed by atoms with Gasteiger partial charge in [0.05, 0.1) is 42.4 Å². The number of benzene rings is 2. The van der Waals surface area contributed by atoms with E-state index < -0.39 is 22.3 Å². The molecule has 0 bridgehead atoms. The molecule has 0 spiro atoms. The Hall–Kier alpha value is -4.42. The second-order valence-corrected chi connectivity index (χ2v) is 11.2. The number of sulfone groups is 1. The lowest BCUT2D eigenvalue weighted by Gasteiger charge is -2.15. The molecule has 0 saturated heterocycles. The number of rotatable bonds is 7. The molecule has 3 heterocycles. The van der Waals surface area contributed by atoms with Crippen molar-refractivity contribution in [2.45, 2.75) is 32.3 Å². The molecule has 0 amide bonds. The third-order valence-electron chi connectivity index (χ3n) is 6.36. The molecule has 3 aromatic heterocycles. The van der Waals surface area contributed by atoms with Gasteiger partial charge in [-0.3, -0.25) is 0 Å². The van der Waals surface area contributed by atoms with Crippen LogP contribution in [0.15, 0.2) is 58.2 Å². The van der Waals surface area contributed by atoms with Crippen molar-refractivity contribution in [1.82, 2.24) is 24.5 Å². The summed E-state index contributed by atoms with van der Waals surface area (Å²) in [6.45, 7) is 4.72. The number of oxazole rings is 1. The second-order valence-electron chi connectivity index (χ2n) is 9.25. The molecule has 0 unspecified atom stereocenters. The van der Waals surface area contributed by atoms with Crippen LogP contribution in [0.4, 0.5) is 4.39 Å². The van der Waals surface area contributed by atoms with Crippen LogP contribution in [-0.2, 0) is 16.4 Å². The van der Waals surface area contributed by atoms with Crippen LogP contribution in [0, 0.1) is 26.6 Å². The maximum atomic E-state index is 15.0. The zero-order chi connectivity index (χ0) is 28.8. The highest BCUT2D eigenvalue weighted by molar-refractivity contribution is 7.90. The predicted octanol–water partition coefficient (Wildman–Crippen LogP) is 4.62. The molecule has 40 heavy (non-hydrogen) atoms. The van der Waals surface area contributed by atoms with Gasteiger partial charge in [0, 0.05) is 30.5 Å². The summed E-state index contributed by atoms with van der Waals surface area (Å²) in [5.74, 6) is 0.993. The SMILES string of the molecule is COc1cnc(-c2oc(C)nc2-c2cc(-c3cc(F)c(CO)c(S(C)(=O)=O)c3)ccc2-n2cc(C)nc2C)cn1. The van der Waals surface area contributed by atoms with E-state index in [9.17, 15) is 13.5 Å². The zero-order valence-corrected chi connectivity index (χ0v) is 23.2. The van der Waals surface area contributed by atoms with Crippen molar-refractivity contribution < 1.29 is 27.1 Å². The molecule has 10 nitrogen and oxygen atoms in total. The van der Waals surface area contributed by atoms with Gasteiger partial charge in [0.15, 0.2) is 21.5 Å². The number of hydrogen-bond donors (Lipinski definition) is 1. The highest BCUT2D eigenvalue weighted by atomic mass is 32.2. The van der Waals surface area contributed by atoms with Crippen LogP contribution in [-0.4, -0.2) is 51.4 Å². The molecule has 1 N–H and O–H groups in total. The normalized spacial score (nSPS) is 11.7. The van der Waals surface area contributed by atoms with Gasteiger partial charge in [-0.1, -0.05) is 6.07 Å². The van der Waals surface area contributed by atoms with E-state index in [1.165, 1.54) is 31.6 Å². The lowest BCUT2D eigenvalue weighted by atomic mass is 9.97. The molecule has 0 radical (unpaired) electrons. The van der Waals surface area contributed by atoms with Gasteiger partial charge < -0.3 is 18.8 Å². The largest absolute Gasteiger partial charge is 0.480 e. The summed E-state index contributed by atoms with van der Waals surface area (Å²) in [7, 11) is -2.33. The number of aliphatic hydroxyl groups is 1. The van der Waals surface area contributed by atoms with Gasteiger partial charge in [0.25, 0.3) is 0 Å². The van der Waals surface area contributed by atoms with E-state index in [4.69, 9.17) is 9.15 Å². The van der Waals surface area contributed by atoms with Crippen molar-refractivity contribution in [3.05, 3.63) is 77.7 Å². The third kappa shape index (κ3) is 4.98. The van der Waals surface area contributed by atoms with Crippen molar-refractivity contribution in [3.8, 4) is 45.4 Å². The quantitative estimate of drug-likeness (QED) is 0.301. The van der Waals surface area contributed by atoms with E-state index in [1.54, 1.807) is 19.1 Å². The Kier molecular flexibility index (Phi) is 6.98. The Bertz CT molecular complexity index is 1850. The number of hydrogen-bond acceptors (Lipinski definition) is 9. The summed E-state index contributed by atoms with van der Waals surface area (Å²) in [6.07, 6.45) is 5.84. The van der Waals surface area contributed by atoms with Gasteiger partial charge in [-0.25, -0.2) is 32.7 Å². The van der Waals surface area contributed by atoms with Gasteiger partial charge >= 0.3 is 0 Å². The molecule has 0 atom stereocenters. The summed E-state index contributed by atoms with van der Waals surface area (Å²) < 4.78 is 52.9. The van der Waals surface area contributed by atoms with E-state index >= 15 is 4.39 Å². The van der Waals surface area contributed by atoms with E-state index in [-0.39, 0.29) is 10.5 Å². The highest BCUT2D eigenvalue weighted by Gasteiger charge is 2.23. The minimum Gasteiger partial charge on any atom is -0.480 e. The molecule has 12 heteroatoms. The first-order chi connectivity index (χ1) is 19.0. The number of aliphatic hydroxyl groups excluding tert-OH is 1. The molecule has 0 aliphatic carbocycles. The number of aromatic nitrogens is 5. The van der Waals surface area contributed by atoms with E-state index in [0.717, 1.165) is 17.8 Å². The number of imidazole rings is 1. The fraction of sp³-hybridized carbons (Fsp3) is 0.214. The van der Waals surface area contributed by atoms with E-state index in [2.05, 4.69) is 19.9 Å². The molecule has 5 aromatic rings.